The summed E-state index contributed by atoms with van der Waals surface area (Å²) in [5.74, 6) is 0.810. The third-order valence-electron chi connectivity index (χ3n) is 2.71. The predicted molar refractivity (Wildman–Crippen MR) is 71.7 cm³/mol. The number of benzene rings is 1. The van der Waals surface area contributed by atoms with E-state index >= 15 is 0 Å². The van der Waals surface area contributed by atoms with Crippen LogP contribution in [-0.2, 0) is 6.42 Å². The summed E-state index contributed by atoms with van der Waals surface area (Å²) < 4.78 is 0. The van der Waals surface area contributed by atoms with Crippen LogP contribution in [0.2, 0.25) is 0 Å². The van der Waals surface area contributed by atoms with Crippen LogP contribution in [0.5, 0.6) is 0 Å². The molecule has 0 saturated heterocycles. The Labute approximate surface area is 102 Å². The number of H-pyrrole nitrogens is 1. The van der Waals surface area contributed by atoms with Crippen LogP contribution in [0.15, 0.2) is 30.5 Å². The van der Waals surface area contributed by atoms with Crippen molar-refractivity contribution in [3.63, 3.8) is 0 Å². The number of hydrogen-bond acceptors (Lipinski definition) is 3. The highest BCUT2D eigenvalue weighted by Crippen LogP contribution is 2.15. The summed E-state index contributed by atoms with van der Waals surface area (Å²) in [4.78, 5) is 9.51. The summed E-state index contributed by atoms with van der Waals surface area (Å²) in [7, 11) is 5.95. The molecule has 90 valence electrons. The number of imidazole rings is 1. The van der Waals surface area contributed by atoms with Crippen LogP contribution in [0.3, 0.4) is 0 Å². The van der Waals surface area contributed by atoms with Crippen molar-refractivity contribution in [2.45, 2.75) is 6.42 Å². The lowest BCUT2D eigenvalue weighted by Crippen LogP contribution is -2.08. The number of rotatable bonds is 4. The van der Waals surface area contributed by atoms with E-state index in [1.807, 2.05) is 27.3 Å². The van der Waals surface area contributed by atoms with E-state index < -0.39 is 0 Å². The topological polar surface area (TPSA) is 44.0 Å². The highest BCUT2D eigenvalue weighted by atomic mass is 15.1. The first-order valence-corrected chi connectivity index (χ1v) is 5.67. The highest BCUT2D eigenvalue weighted by Gasteiger charge is 2.01. The first-order valence-electron chi connectivity index (χ1n) is 5.67. The van der Waals surface area contributed by atoms with Crippen LogP contribution in [-0.4, -0.2) is 31.1 Å². The molecule has 1 aromatic heterocycles. The molecular weight excluding hydrogens is 212 g/mol. The average Bonchev–Trinajstić information content (AvgIpc) is 2.77. The molecule has 1 aromatic carbocycles. The molecular formula is C13H18N4. The normalized spacial score (nSPS) is 10.3. The summed E-state index contributed by atoms with van der Waals surface area (Å²) in [6.07, 6.45) is 2.74. The molecule has 0 atom stereocenters. The highest BCUT2D eigenvalue weighted by molar-refractivity contribution is 5.46. The van der Waals surface area contributed by atoms with Crippen LogP contribution in [0.1, 0.15) is 11.3 Å². The van der Waals surface area contributed by atoms with E-state index in [9.17, 15) is 0 Å². The van der Waals surface area contributed by atoms with E-state index in [2.05, 4.69) is 44.5 Å². The maximum atomic E-state index is 4.20. The molecule has 0 bridgehead atoms. The van der Waals surface area contributed by atoms with Crippen LogP contribution in [0.25, 0.3) is 0 Å². The first-order chi connectivity index (χ1) is 8.19. The predicted octanol–water partition coefficient (Wildman–Crippen LogP) is 2.11. The summed E-state index contributed by atoms with van der Waals surface area (Å²) in [6, 6.07) is 8.56. The van der Waals surface area contributed by atoms with Crippen molar-refractivity contribution in [3.05, 3.63) is 41.7 Å². The third-order valence-corrected chi connectivity index (χ3v) is 2.71. The Morgan fingerprint density at radius 1 is 1.24 bits per heavy atom. The largest absolute Gasteiger partial charge is 0.378 e. The Bertz CT molecular complexity index is 470. The van der Waals surface area contributed by atoms with Crippen molar-refractivity contribution >= 4 is 11.6 Å². The van der Waals surface area contributed by atoms with Crippen LogP contribution < -0.4 is 10.2 Å². The number of aromatic amines is 1. The monoisotopic (exact) mass is 230 g/mol. The summed E-state index contributed by atoms with van der Waals surface area (Å²) in [5.41, 5.74) is 3.61. The van der Waals surface area contributed by atoms with E-state index in [0.29, 0.717) is 0 Å². The van der Waals surface area contributed by atoms with Gasteiger partial charge in [-0.2, -0.15) is 0 Å². The fraction of sp³-hybridized carbons (Fsp3) is 0.308. The van der Waals surface area contributed by atoms with E-state index in [0.717, 1.165) is 18.1 Å². The molecule has 0 radical (unpaired) electrons. The molecule has 0 unspecified atom stereocenters. The minimum absolute atomic E-state index is 0.810. The molecule has 1 heterocycles. The second-order valence-corrected chi connectivity index (χ2v) is 4.24. The Hall–Kier alpha value is -1.97. The maximum absolute atomic E-state index is 4.20. The van der Waals surface area contributed by atoms with Gasteiger partial charge in [0.25, 0.3) is 0 Å². The molecule has 2 aromatic rings. The molecule has 2 N–H and O–H groups in total. The molecule has 0 spiro atoms. The molecule has 0 aliphatic heterocycles. The van der Waals surface area contributed by atoms with Crippen molar-refractivity contribution in [3.8, 4) is 0 Å². The molecule has 0 aliphatic carbocycles. The van der Waals surface area contributed by atoms with Crippen molar-refractivity contribution in [1.29, 1.82) is 0 Å². The first kappa shape index (κ1) is 11.5. The molecule has 0 aliphatic rings. The molecule has 0 saturated carbocycles. The zero-order valence-corrected chi connectivity index (χ0v) is 10.5. The van der Waals surface area contributed by atoms with E-state index in [4.69, 9.17) is 0 Å². The van der Waals surface area contributed by atoms with Crippen molar-refractivity contribution in [1.82, 2.24) is 9.97 Å². The van der Waals surface area contributed by atoms with Gasteiger partial charge in [-0.25, -0.2) is 4.98 Å². The average molecular weight is 230 g/mol. The quantitative estimate of drug-likeness (QED) is 0.845. The third kappa shape index (κ3) is 2.78. The lowest BCUT2D eigenvalue weighted by molar-refractivity contribution is 1.09. The molecule has 0 fully saturated rings. The maximum Gasteiger partial charge on any atom is 0.200 e. The van der Waals surface area contributed by atoms with E-state index in [-0.39, 0.29) is 0 Å². The van der Waals surface area contributed by atoms with Gasteiger partial charge >= 0.3 is 0 Å². The van der Waals surface area contributed by atoms with Gasteiger partial charge in [-0.05, 0) is 17.7 Å². The Morgan fingerprint density at radius 3 is 2.47 bits per heavy atom. The second kappa shape index (κ2) is 4.91. The van der Waals surface area contributed by atoms with Crippen LogP contribution in [0.4, 0.5) is 11.6 Å². The van der Waals surface area contributed by atoms with Gasteiger partial charge in [0.1, 0.15) is 0 Å². The zero-order chi connectivity index (χ0) is 12.3. The zero-order valence-electron chi connectivity index (χ0n) is 10.5. The molecule has 2 rings (SSSR count). The molecule has 4 heteroatoms. The number of anilines is 2. The van der Waals surface area contributed by atoms with Gasteiger partial charge in [0.05, 0.1) is 6.20 Å². The van der Waals surface area contributed by atoms with Gasteiger partial charge in [-0.1, -0.05) is 12.1 Å². The van der Waals surface area contributed by atoms with Gasteiger partial charge in [0.15, 0.2) is 5.95 Å². The smallest absolute Gasteiger partial charge is 0.200 e. The Balaban J connectivity index is 2.08. The van der Waals surface area contributed by atoms with Crippen molar-refractivity contribution < 1.29 is 0 Å². The van der Waals surface area contributed by atoms with E-state index in [1.54, 1.807) is 0 Å². The summed E-state index contributed by atoms with van der Waals surface area (Å²) in [6.45, 7) is 0. The Morgan fingerprint density at radius 2 is 1.94 bits per heavy atom. The molecule has 4 nitrogen and oxygen atoms in total. The van der Waals surface area contributed by atoms with Crippen LogP contribution >= 0.6 is 0 Å². The lowest BCUT2D eigenvalue weighted by Gasteiger charge is -2.12. The molecule has 0 amide bonds. The SMILES string of the molecule is CNc1ncc(Cc2ccc(N(C)C)cc2)[nH]1. The lowest BCUT2D eigenvalue weighted by atomic mass is 10.1. The standard InChI is InChI=1S/C13H18N4/c1-14-13-15-9-11(16-13)8-10-4-6-12(7-5-10)17(2)3/h4-7,9H,8H2,1-3H3,(H2,14,15,16). The van der Waals surface area contributed by atoms with Gasteiger partial charge in [-0.3, -0.25) is 0 Å². The minimum atomic E-state index is 0.810. The fourth-order valence-electron chi connectivity index (χ4n) is 1.71. The number of aromatic nitrogens is 2. The minimum Gasteiger partial charge on any atom is -0.378 e. The number of nitrogens with zero attached hydrogens (tertiary/aromatic N) is 2. The number of nitrogens with one attached hydrogen (secondary N) is 2. The van der Waals surface area contributed by atoms with Gasteiger partial charge < -0.3 is 15.2 Å². The Kier molecular flexibility index (Phi) is 3.32. The summed E-state index contributed by atoms with van der Waals surface area (Å²) >= 11 is 0. The van der Waals surface area contributed by atoms with Gasteiger partial charge in [0, 0.05) is 38.9 Å². The summed E-state index contributed by atoms with van der Waals surface area (Å²) in [5, 5.41) is 2.98. The molecule has 17 heavy (non-hydrogen) atoms. The van der Waals surface area contributed by atoms with Crippen molar-refractivity contribution in [2.24, 2.45) is 0 Å². The van der Waals surface area contributed by atoms with Crippen LogP contribution in [0, 0.1) is 0 Å². The van der Waals surface area contributed by atoms with E-state index in [1.165, 1.54) is 11.3 Å². The fourth-order valence-corrected chi connectivity index (χ4v) is 1.71. The van der Waals surface area contributed by atoms with Gasteiger partial charge in [0.2, 0.25) is 0 Å². The number of hydrogen-bond donors (Lipinski definition) is 2. The van der Waals surface area contributed by atoms with Gasteiger partial charge in [-0.15, -0.1) is 0 Å². The van der Waals surface area contributed by atoms with Crippen molar-refractivity contribution in [2.75, 3.05) is 31.4 Å². The second-order valence-electron chi connectivity index (χ2n) is 4.24.